The highest BCUT2D eigenvalue weighted by atomic mass is 16.5. The van der Waals surface area contributed by atoms with Crippen molar-refractivity contribution in [3.63, 3.8) is 0 Å². The normalized spacial score (nSPS) is 15.2. The molecule has 0 radical (unpaired) electrons. The third-order valence-corrected chi connectivity index (χ3v) is 4.16. The summed E-state index contributed by atoms with van der Waals surface area (Å²) in [7, 11) is 0. The molecule has 3 heterocycles. The largest absolute Gasteiger partial charge is 0.337 e. The Morgan fingerprint density at radius 2 is 1.92 bits per heavy atom. The predicted molar refractivity (Wildman–Crippen MR) is 91.8 cm³/mol. The third-order valence-electron chi connectivity index (χ3n) is 4.16. The molecule has 0 bridgehead atoms. The van der Waals surface area contributed by atoms with E-state index in [1.165, 1.54) is 11.1 Å². The number of nitrogens with zero attached hydrogens (tertiary/aromatic N) is 4. The Kier molecular flexibility index (Phi) is 4.16. The van der Waals surface area contributed by atoms with Crippen LogP contribution in [-0.4, -0.2) is 33.1 Å². The van der Waals surface area contributed by atoms with Crippen molar-refractivity contribution in [2.75, 3.05) is 13.1 Å². The van der Waals surface area contributed by atoms with Gasteiger partial charge in [0.15, 0.2) is 0 Å². The molecule has 1 aliphatic rings. The van der Waals surface area contributed by atoms with Crippen LogP contribution in [0.3, 0.4) is 0 Å². The molecule has 1 aromatic carbocycles. The quantitative estimate of drug-likeness (QED) is 0.738. The van der Waals surface area contributed by atoms with Gasteiger partial charge in [-0.25, -0.2) is 0 Å². The molecule has 0 spiro atoms. The van der Waals surface area contributed by atoms with E-state index in [0.29, 0.717) is 18.3 Å². The summed E-state index contributed by atoms with van der Waals surface area (Å²) in [5.74, 6) is 1.18. The fraction of sp³-hybridized carbons (Fsp3) is 0.211. The fourth-order valence-corrected chi connectivity index (χ4v) is 2.88. The van der Waals surface area contributed by atoms with E-state index in [1.807, 2.05) is 24.3 Å². The van der Waals surface area contributed by atoms with E-state index >= 15 is 0 Å². The molecular weight excluding hydrogens is 300 g/mol. The zero-order valence-electron chi connectivity index (χ0n) is 13.3. The SMILES string of the molecule is C1=C(c2ccccc2)CCN(Cc2nc(-c3ccccn3)no2)C1. The van der Waals surface area contributed by atoms with Crippen molar-refractivity contribution in [1.82, 2.24) is 20.0 Å². The summed E-state index contributed by atoms with van der Waals surface area (Å²) in [6.45, 7) is 2.55. The van der Waals surface area contributed by atoms with Gasteiger partial charge in [0.05, 0.1) is 6.54 Å². The first-order chi connectivity index (χ1) is 11.9. The van der Waals surface area contributed by atoms with Gasteiger partial charge in [0.1, 0.15) is 5.69 Å². The maximum absolute atomic E-state index is 5.37. The highest BCUT2D eigenvalue weighted by Gasteiger charge is 2.16. The van der Waals surface area contributed by atoms with E-state index in [-0.39, 0.29) is 0 Å². The van der Waals surface area contributed by atoms with Gasteiger partial charge < -0.3 is 4.52 Å². The molecule has 120 valence electrons. The number of aromatic nitrogens is 3. The first kappa shape index (κ1) is 14.8. The van der Waals surface area contributed by atoms with E-state index in [4.69, 9.17) is 4.52 Å². The Hall–Kier alpha value is -2.79. The minimum Gasteiger partial charge on any atom is -0.337 e. The van der Waals surface area contributed by atoms with Gasteiger partial charge in [-0.3, -0.25) is 9.88 Å². The van der Waals surface area contributed by atoms with E-state index in [0.717, 1.165) is 25.2 Å². The predicted octanol–water partition coefficient (Wildman–Crippen LogP) is 3.42. The average Bonchev–Trinajstić information content (AvgIpc) is 3.12. The van der Waals surface area contributed by atoms with Crippen molar-refractivity contribution in [3.05, 3.63) is 72.3 Å². The maximum Gasteiger partial charge on any atom is 0.241 e. The molecule has 0 saturated carbocycles. The molecule has 1 aliphatic heterocycles. The Bertz CT molecular complexity index is 827. The average molecular weight is 318 g/mol. The lowest BCUT2D eigenvalue weighted by molar-refractivity contribution is 0.245. The highest BCUT2D eigenvalue weighted by Crippen LogP contribution is 2.23. The summed E-state index contributed by atoms with van der Waals surface area (Å²) < 4.78 is 5.37. The standard InChI is InChI=1S/C19H18N4O/c1-2-6-15(7-3-1)16-9-12-23(13-10-16)14-18-21-19(22-24-18)17-8-4-5-11-20-17/h1-9,11H,10,12-14H2. The van der Waals surface area contributed by atoms with Crippen LogP contribution in [0.1, 0.15) is 17.9 Å². The monoisotopic (exact) mass is 318 g/mol. The second-order valence-electron chi connectivity index (χ2n) is 5.81. The van der Waals surface area contributed by atoms with Crippen molar-refractivity contribution >= 4 is 5.57 Å². The summed E-state index contributed by atoms with van der Waals surface area (Å²) >= 11 is 0. The molecular formula is C19H18N4O. The first-order valence-corrected chi connectivity index (χ1v) is 8.09. The van der Waals surface area contributed by atoms with Gasteiger partial charge in [-0.05, 0) is 29.7 Å². The molecule has 3 aromatic rings. The van der Waals surface area contributed by atoms with Crippen LogP contribution >= 0.6 is 0 Å². The van der Waals surface area contributed by atoms with Crippen molar-refractivity contribution in [1.29, 1.82) is 0 Å². The Labute approximate surface area is 140 Å². The zero-order chi connectivity index (χ0) is 16.2. The van der Waals surface area contributed by atoms with Gasteiger partial charge in [-0.15, -0.1) is 0 Å². The molecule has 5 nitrogen and oxygen atoms in total. The van der Waals surface area contributed by atoms with Gasteiger partial charge >= 0.3 is 0 Å². The zero-order valence-corrected chi connectivity index (χ0v) is 13.3. The lowest BCUT2D eigenvalue weighted by Gasteiger charge is -2.24. The molecule has 5 heteroatoms. The number of pyridine rings is 1. The van der Waals surface area contributed by atoms with Crippen LogP contribution in [0.2, 0.25) is 0 Å². The minimum absolute atomic E-state index is 0.545. The first-order valence-electron chi connectivity index (χ1n) is 8.09. The second kappa shape index (κ2) is 6.76. The number of rotatable bonds is 4. The van der Waals surface area contributed by atoms with Crippen molar-refractivity contribution < 1.29 is 4.52 Å². The Morgan fingerprint density at radius 1 is 1.04 bits per heavy atom. The number of hydrogen-bond acceptors (Lipinski definition) is 5. The van der Waals surface area contributed by atoms with Gasteiger partial charge in [0, 0.05) is 19.3 Å². The van der Waals surface area contributed by atoms with Crippen LogP contribution in [0.4, 0.5) is 0 Å². The molecule has 0 aliphatic carbocycles. The molecule has 0 N–H and O–H groups in total. The smallest absolute Gasteiger partial charge is 0.241 e. The summed E-state index contributed by atoms with van der Waals surface area (Å²) in [6.07, 6.45) is 5.05. The van der Waals surface area contributed by atoms with E-state index in [9.17, 15) is 0 Å². The van der Waals surface area contributed by atoms with Crippen LogP contribution in [0.15, 0.2) is 65.3 Å². The molecule has 4 rings (SSSR count). The van der Waals surface area contributed by atoms with Gasteiger partial charge in [-0.1, -0.05) is 47.6 Å². The van der Waals surface area contributed by atoms with Crippen molar-refractivity contribution in [2.24, 2.45) is 0 Å². The second-order valence-corrected chi connectivity index (χ2v) is 5.81. The van der Waals surface area contributed by atoms with Crippen LogP contribution in [-0.2, 0) is 6.54 Å². The van der Waals surface area contributed by atoms with E-state index in [2.05, 4.69) is 50.4 Å². The Balaban J connectivity index is 1.41. The Morgan fingerprint density at radius 3 is 2.67 bits per heavy atom. The van der Waals surface area contributed by atoms with E-state index in [1.54, 1.807) is 6.20 Å². The van der Waals surface area contributed by atoms with Crippen LogP contribution < -0.4 is 0 Å². The van der Waals surface area contributed by atoms with Crippen LogP contribution in [0.25, 0.3) is 17.1 Å². The van der Waals surface area contributed by atoms with E-state index < -0.39 is 0 Å². The molecule has 2 aromatic heterocycles. The number of hydrogen-bond donors (Lipinski definition) is 0. The molecule has 0 fully saturated rings. The van der Waals surface area contributed by atoms with Gasteiger partial charge in [-0.2, -0.15) is 4.98 Å². The number of benzene rings is 1. The lowest BCUT2D eigenvalue weighted by atomic mass is 10.00. The summed E-state index contributed by atoms with van der Waals surface area (Å²) in [5, 5.41) is 4.02. The maximum atomic E-state index is 5.37. The van der Waals surface area contributed by atoms with Gasteiger partial charge in [0.2, 0.25) is 11.7 Å². The highest BCUT2D eigenvalue weighted by molar-refractivity contribution is 5.66. The minimum atomic E-state index is 0.545. The van der Waals surface area contributed by atoms with Gasteiger partial charge in [0.25, 0.3) is 0 Å². The summed E-state index contributed by atoms with van der Waals surface area (Å²) in [5.41, 5.74) is 3.45. The lowest BCUT2D eigenvalue weighted by Crippen LogP contribution is -2.28. The van der Waals surface area contributed by atoms with Crippen LogP contribution in [0.5, 0.6) is 0 Å². The summed E-state index contributed by atoms with van der Waals surface area (Å²) in [4.78, 5) is 11.0. The molecule has 0 saturated heterocycles. The molecule has 24 heavy (non-hydrogen) atoms. The topological polar surface area (TPSA) is 55.1 Å². The van der Waals surface area contributed by atoms with Crippen molar-refractivity contribution in [2.45, 2.75) is 13.0 Å². The third kappa shape index (κ3) is 3.26. The summed E-state index contributed by atoms with van der Waals surface area (Å²) in [6, 6.07) is 16.2. The molecule has 0 amide bonds. The molecule has 0 unspecified atom stereocenters. The van der Waals surface area contributed by atoms with Crippen LogP contribution in [0, 0.1) is 0 Å². The van der Waals surface area contributed by atoms with Crippen molar-refractivity contribution in [3.8, 4) is 11.5 Å². The fourth-order valence-electron chi connectivity index (χ4n) is 2.88. The molecule has 0 atom stereocenters.